The number of rotatable bonds is 2. The van der Waals surface area contributed by atoms with Crippen molar-refractivity contribution in [3.05, 3.63) is 70.4 Å². The molecule has 30 heavy (non-hydrogen) atoms. The molecule has 0 spiro atoms. The van der Waals surface area contributed by atoms with E-state index in [1.54, 1.807) is 9.80 Å². The maximum Gasteiger partial charge on any atom is 0.255 e. The molecule has 6 heteroatoms. The molecule has 1 saturated heterocycles. The predicted molar refractivity (Wildman–Crippen MR) is 115 cm³/mol. The van der Waals surface area contributed by atoms with Crippen LogP contribution in [0.2, 0.25) is 5.02 Å². The Balaban J connectivity index is 1.62. The topological polar surface area (TPSA) is 56.4 Å². The lowest BCUT2D eigenvalue weighted by molar-refractivity contribution is -0.166. The minimum atomic E-state index is -1.02. The molecule has 5 nitrogen and oxygen atoms in total. The number of hydrogen-bond acceptors (Lipinski definition) is 2. The molecule has 0 bridgehead atoms. The third kappa shape index (κ3) is 2.30. The van der Waals surface area contributed by atoms with Crippen LogP contribution in [0.3, 0.4) is 0 Å². The third-order valence-electron chi connectivity index (χ3n) is 7.04. The van der Waals surface area contributed by atoms with E-state index < -0.39 is 5.54 Å². The Morgan fingerprint density at radius 1 is 1.07 bits per heavy atom. The first-order valence-corrected chi connectivity index (χ1v) is 10.8. The van der Waals surface area contributed by atoms with E-state index in [4.69, 9.17) is 11.6 Å². The summed E-state index contributed by atoms with van der Waals surface area (Å²) < 4.78 is 0. The Kier molecular flexibility index (Phi) is 3.67. The van der Waals surface area contributed by atoms with Crippen LogP contribution in [-0.4, -0.2) is 45.7 Å². The maximum atomic E-state index is 13.7. The summed E-state index contributed by atoms with van der Waals surface area (Å²) in [6.45, 7) is 2.51. The Morgan fingerprint density at radius 2 is 1.80 bits per heavy atom. The Morgan fingerprint density at radius 3 is 2.57 bits per heavy atom. The van der Waals surface area contributed by atoms with Gasteiger partial charge in [-0.15, -0.1) is 0 Å². The standard InChI is InChI=1S/C24H22ClN3O2/c1-24-22-21(16-7-3-5-9-19(16)26-22)17(15-6-2-4-8-18(15)25)12-28(24)20(29)13-27(23(24)30)14-10-11-14/h2-9,14,17,26H,10-13H2,1H3/t17-,24+/m1/s1. The molecule has 1 aliphatic carbocycles. The normalized spacial score (nSPS) is 26.1. The number of hydrogen-bond donors (Lipinski definition) is 1. The minimum Gasteiger partial charge on any atom is -0.356 e. The third-order valence-corrected chi connectivity index (χ3v) is 7.38. The van der Waals surface area contributed by atoms with Crippen LogP contribution in [0.25, 0.3) is 10.9 Å². The smallest absolute Gasteiger partial charge is 0.255 e. The zero-order chi connectivity index (χ0) is 20.6. The summed E-state index contributed by atoms with van der Waals surface area (Å²) in [5.41, 5.74) is 2.84. The van der Waals surface area contributed by atoms with Gasteiger partial charge in [0, 0.05) is 34.4 Å². The van der Waals surface area contributed by atoms with Crippen LogP contribution in [0, 0.1) is 0 Å². The van der Waals surface area contributed by atoms with Gasteiger partial charge in [-0.3, -0.25) is 9.59 Å². The second-order valence-electron chi connectivity index (χ2n) is 8.77. The average molecular weight is 420 g/mol. The van der Waals surface area contributed by atoms with Crippen molar-refractivity contribution in [2.45, 2.75) is 37.3 Å². The summed E-state index contributed by atoms with van der Waals surface area (Å²) in [7, 11) is 0. The number of H-pyrrole nitrogens is 1. The Hall–Kier alpha value is -2.79. The number of aromatic amines is 1. The number of carbonyl (C=O) groups excluding carboxylic acids is 2. The van der Waals surface area contributed by atoms with Crippen LogP contribution in [-0.2, 0) is 15.1 Å². The minimum absolute atomic E-state index is 0.00496. The van der Waals surface area contributed by atoms with E-state index >= 15 is 0 Å². The summed E-state index contributed by atoms with van der Waals surface area (Å²) in [5, 5.41) is 1.76. The molecule has 2 aliphatic heterocycles. The number of benzene rings is 2. The number of amides is 2. The van der Waals surface area contributed by atoms with Crippen LogP contribution < -0.4 is 0 Å². The van der Waals surface area contributed by atoms with Crippen LogP contribution in [0.4, 0.5) is 0 Å². The molecule has 2 amide bonds. The van der Waals surface area contributed by atoms with E-state index in [1.165, 1.54) is 0 Å². The molecule has 1 aromatic heterocycles. The van der Waals surface area contributed by atoms with Crippen LogP contribution in [0.15, 0.2) is 48.5 Å². The summed E-state index contributed by atoms with van der Waals surface area (Å²) in [4.78, 5) is 34.1. The van der Waals surface area contributed by atoms with Gasteiger partial charge in [-0.2, -0.15) is 0 Å². The highest BCUT2D eigenvalue weighted by atomic mass is 35.5. The average Bonchev–Trinajstić information content (AvgIpc) is 3.51. The Labute approximate surface area is 179 Å². The van der Waals surface area contributed by atoms with Crippen molar-refractivity contribution in [1.82, 2.24) is 14.8 Å². The number of nitrogens with zero attached hydrogens (tertiary/aromatic N) is 2. The molecular formula is C24H22ClN3O2. The van der Waals surface area contributed by atoms with Gasteiger partial charge in [-0.05, 0) is 43.0 Å². The zero-order valence-electron chi connectivity index (χ0n) is 16.7. The van der Waals surface area contributed by atoms with Crippen LogP contribution >= 0.6 is 11.6 Å². The van der Waals surface area contributed by atoms with Crippen molar-refractivity contribution in [3.63, 3.8) is 0 Å². The van der Waals surface area contributed by atoms with E-state index in [-0.39, 0.29) is 30.3 Å². The van der Waals surface area contributed by atoms with Gasteiger partial charge in [-0.25, -0.2) is 0 Å². The highest BCUT2D eigenvalue weighted by molar-refractivity contribution is 6.31. The zero-order valence-corrected chi connectivity index (χ0v) is 17.4. The first kappa shape index (κ1) is 18.0. The number of para-hydroxylation sites is 1. The van der Waals surface area contributed by atoms with Gasteiger partial charge in [0.2, 0.25) is 5.91 Å². The van der Waals surface area contributed by atoms with Gasteiger partial charge in [-0.1, -0.05) is 48.0 Å². The second-order valence-corrected chi connectivity index (χ2v) is 9.18. The van der Waals surface area contributed by atoms with Gasteiger partial charge in [0.05, 0.1) is 5.69 Å². The summed E-state index contributed by atoms with van der Waals surface area (Å²) in [6.07, 6.45) is 1.97. The molecule has 1 saturated carbocycles. The molecule has 2 fully saturated rings. The number of piperazine rings is 1. The molecule has 152 valence electrons. The fourth-order valence-electron chi connectivity index (χ4n) is 5.35. The fourth-order valence-corrected chi connectivity index (χ4v) is 5.62. The number of fused-ring (bicyclic) bond motifs is 5. The SMILES string of the molecule is C[C@]12C(=O)N(C3CC3)CC(=O)N1C[C@H](c1ccccc1Cl)c1c2[nH]c2ccccc12. The lowest BCUT2D eigenvalue weighted by Gasteiger charge is -2.51. The molecule has 1 N–H and O–H groups in total. The lowest BCUT2D eigenvalue weighted by atomic mass is 9.76. The number of nitrogens with one attached hydrogen (secondary N) is 1. The Bertz CT molecular complexity index is 1210. The van der Waals surface area contributed by atoms with Gasteiger partial charge < -0.3 is 14.8 Å². The molecule has 0 radical (unpaired) electrons. The highest BCUT2D eigenvalue weighted by Crippen LogP contribution is 2.50. The molecule has 2 atom stereocenters. The van der Waals surface area contributed by atoms with Gasteiger partial charge in [0.1, 0.15) is 6.54 Å². The van der Waals surface area contributed by atoms with E-state index in [0.29, 0.717) is 11.6 Å². The van der Waals surface area contributed by atoms with E-state index in [0.717, 1.165) is 40.6 Å². The highest BCUT2D eigenvalue weighted by Gasteiger charge is 2.58. The first-order valence-electron chi connectivity index (χ1n) is 10.5. The molecular weight excluding hydrogens is 398 g/mol. The fraction of sp³-hybridized carbons (Fsp3) is 0.333. The molecule has 0 unspecified atom stereocenters. The van der Waals surface area contributed by atoms with Crippen molar-refractivity contribution in [1.29, 1.82) is 0 Å². The van der Waals surface area contributed by atoms with E-state index in [1.807, 2.05) is 49.4 Å². The van der Waals surface area contributed by atoms with Crippen molar-refractivity contribution < 1.29 is 9.59 Å². The predicted octanol–water partition coefficient (Wildman–Crippen LogP) is 4.02. The lowest BCUT2D eigenvalue weighted by Crippen LogP contribution is -2.67. The first-order chi connectivity index (χ1) is 14.5. The van der Waals surface area contributed by atoms with Gasteiger partial charge >= 0.3 is 0 Å². The molecule has 6 rings (SSSR count). The van der Waals surface area contributed by atoms with Crippen molar-refractivity contribution in [2.24, 2.45) is 0 Å². The summed E-state index contributed by atoms with van der Waals surface area (Å²) in [6, 6.07) is 16.1. The van der Waals surface area contributed by atoms with Crippen molar-refractivity contribution in [3.8, 4) is 0 Å². The second kappa shape index (κ2) is 6.11. The van der Waals surface area contributed by atoms with Crippen LogP contribution in [0.5, 0.6) is 0 Å². The van der Waals surface area contributed by atoms with Crippen molar-refractivity contribution >= 4 is 34.3 Å². The van der Waals surface area contributed by atoms with E-state index in [9.17, 15) is 9.59 Å². The quantitative estimate of drug-likeness (QED) is 0.682. The summed E-state index contributed by atoms with van der Waals surface area (Å²) >= 11 is 6.60. The maximum absolute atomic E-state index is 13.7. The number of carbonyl (C=O) groups is 2. The van der Waals surface area contributed by atoms with Crippen molar-refractivity contribution in [2.75, 3.05) is 13.1 Å². The largest absolute Gasteiger partial charge is 0.356 e. The number of halogens is 1. The van der Waals surface area contributed by atoms with E-state index in [2.05, 4.69) is 11.1 Å². The van der Waals surface area contributed by atoms with Gasteiger partial charge in [0.15, 0.2) is 5.54 Å². The molecule has 3 aliphatic rings. The molecule has 2 aromatic carbocycles. The number of aromatic nitrogens is 1. The summed E-state index contributed by atoms with van der Waals surface area (Å²) in [5.74, 6) is -0.0671. The van der Waals surface area contributed by atoms with Crippen LogP contribution in [0.1, 0.15) is 42.5 Å². The molecule has 3 heterocycles. The monoisotopic (exact) mass is 419 g/mol. The molecule has 3 aromatic rings. The van der Waals surface area contributed by atoms with Gasteiger partial charge in [0.25, 0.3) is 5.91 Å².